The van der Waals surface area contributed by atoms with Gasteiger partial charge in [-0.05, 0) is 42.7 Å². The Bertz CT molecular complexity index is 867. The highest BCUT2D eigenvalue weighted by molar-refractivity contribution is 5.92. The second-order valence-electron chi connectivity index (χ2n) is 6.45. The molecule has 4 rings (SSSR count). The highest BCUT2D eigenvalue weighted by atomic mass is 16.1. The third kappa shape index (κ3) is 3.74. The number of pyridine rings is 1. The van der Waals surface area contributed by atoms with Crippen LogP contribution in [0.15, 0.2) is 61.1 Å². The van der Waals surface area contributed by atoms with E-state index >= 15 is 0 Å². The van der Waals surface area contributed by atoms with Crippen molar-refractivity contribution < 1.29 is 4.79 Å². The molecule has 6 heteroatoms. The number of amides is 1. The number of hydrogen-bond acceptors (Lipinski definition) is 4. The van der Waals surface area contributed by atoms with Gasteiger partial charge in [0.1, 0.15) is 5.82 Å². The lowest BCUT2D eigenvalue weighted by molar-refractivity contribution is -0.115. The molecular weight excluding hydrogens is 326 g/mol. The monoisotopic (exact) mass is 347 g/mol. The van der Waals surface area contributed by atoms with Gasteiger partial charge in [-0.15, -0.1) is 0 Å². The second-order valence-corrected chi connectivity index (χ2v) is 6.45. The molecule has 0 atom stereocenters. The number of nitrogens with zero attached hydrogens (tertiary/aromatic N) is 4. The minimum atomic E-state index is -0.0756. The molecule has 1 fully saturated rings. The average Bonchev–Trinajstić information content (AvgIpc) is 3.35. The molecule has 3 heterocycles. The van der Waals surface area contributed by atoms with Crippen LogP contribution in [-0.4, -0.2) is 33.8 Å². The summed E-state index contributed by atoms with van der Waals surface area (Å²) in [5.74, 6) is 0.901. The number of carbonyl (C=O) groups is 1. The van der Waals surface area contributed by atoms with E-state index in [1.165, 1.54) is 12.8 Å². The van der Waals surface area contributed by atoms with Crippen molar-refractivity contribution in [3.63, 3.8) is 0 Å². The van der Waals surface area contributed by atoms with Crippen LogP contribution in [0.5, 0.6) is 0 Å². The number of aromatic nitrogens is 3. The van der Waals surface area contributed by atoms with Gasteiger partial charge < -0.3 is 10.2 Å². The predicted octanol–water partition coefficient (Wildman–Crippen LogP) is 3.05. The third-order valence-corrected chi connectivity index (χ3v) is 4.48. The Morgan fingerprint density at radius 2 is 1.85 bits per heavy atom. The Morgan fingerprint density at radius 1 is 1.04 bits per heavy atom. The molecule has 1 aliphatic heterocycles. The highest BCUT2D eigenvalue weighted by Crippen LogP contribution is 2.19. The Kier molecular flexibility index (Phi) is 4.64. The number of carbonyl (C=O) groups excluding carboxylic acids is 1. The first kappa shape index (κ1) is 16.3. The molecule has 0 aliphatic carbocycles. The minimum Gasteiger partial charge on any atom is -0.357 e. The lowest BCUT2D eigenvalue weighted by Gasteiger charge is -2.16. The molecule has 3 aromatic rings. The molecule has 0 spiro atoms. The fourth-order valence-electron chi connectivity index (χ4n) is 3.16. The summed E-state index contributed by atoms with van der Waals surface area (Å²) in [6.45, 7) is 2.12. The Morgan fingerprint density at radius 3 is 2.58 bits per heavy atom. The van der Waals surface area contributed by atoms with Crippen molar-refractivity contribution in [2.75, 3.05) is 23.3 Å². The van der Waals surface area contributed by atoms with E-state index < -0.39 is 0 Å². The van der Waals surface area contributed by atoms with Crippen LogP contribution >= 0.6 is 0 Å². The highest BCUT2D eigenvalue weighted by Gasteiger charge is 2.13. The van der Waals surface area contributed by atoms with E-state index in [4.69, 9.17) is 0 Å². The SMILES string of the molecule is O=C(Cc1cnn(-c2ccccc2)c1)Nc1ccc(N2CCCC2)nc1. The van der Waals surface area contributed by atoms with Gasteiger partial charge in [0.05, 0.1) is 30.2 Å². The molecule has 0 saturated carbocycles. The molecular formula is C20H21N5O. The van der Waals surface area contributed by atoms with Gasteiger partial charge >= 0.3 is 0 Å². The zero-order valence-corrected chi connectivity index (χ0v) is 14.5. The molecule has 1 saturated heterocycles. The van der Waals surface area contributed by atoms with E-state index in [0.29, 0.717) is 5.69 Å². The zero-order valence-electron chi connectivity index (χ0n) is 14.5. The maximum atomic E-state index is 12.3. The van der Waals surface area contributed by atoms with Gasteiger partial charge in [-0.1, -0.05) is 18.2 Å². The molecule has 1 amide bonds. The van der Waals surface area contributed by atoms with Crippen LogP contribution in [0.25, 0.3) is 5.69 Å². The van der Waals surface area contributed by atoms with E-state index in [1.807, 2.05) is 48.7 Å². The second kappa shape index (κ2) is 7.39. The first-order valence-electron chi connectivity index (χ1n) is 8.88. The Labute approximate surface area is 152 Å². The summed E-state index contributed by atoms with van der Waals surface area (Å²) in [5.41, 5.74) is 2.56. The lowest BCUT2D eigenvalue weighted by Crippen LogP contribution is -2.19. The number of hydrogen-bond donors (Lipinski definition) is 1. The number of para-hydroxylation sites is 1. The van der Waals surface area contributed by atoms with E-state index in [0.717, 1.165) is 30.2 Å². The van der Waals surface area contributed by atoms with Crippen LogP contribution in [0.3, 0.4) is 0 Å². The number of benzene rings is 1. The average molecular weight is 347 g/mol. The standard InChI is InChI=1S/C20H21N5O/c26-20(12-16-13-22-25(15-16)18-6-2-1-3-7-18)23-17-8-9-19(21-14-17)24-10-4-5-11-24/h1-3,6-9,13-15H,4-5,10-12H2,(H,23,26). The molecule has 0 unspecified atom stereocenters. The molecule has 0 radical (unpaired) electrons. The van der Waals surface area contributed by atoms with Crippen LogP contribution in [-0.2, 0) is 11.2 Å². The fourth-order valence-corrected chi connectivity index (χ4v) is 3.16. The summed E-state index contributed by atoms with van der Waals surface area (Å²) in [4.78, 5) is 19.0. The molecule has 2 aromatic heterocycles. The summed E-state index contributed by atoms with van der Waals surface area (Å²) >= 11 is 0. The molecule has 1 N–H and O–H groups in total. The molecule has 132 valence electrons. The third-order valence-electron chi connectivity index (χ3n) is 4.48. The van der Waals surface area contributed by atoms with E-state index in [2.05, 4.69) is 20.3 Å². The smallest absolute Gasteiger partial charge is 0.228 e. The van der Waals surface area contributed by atoms with E-state index in [1.54, 1.807) is 17.1 Å². The molecule has 0 bridgehead atoms. The summed E-state index contributed by atoms with van der Waals surface area (Å²) in [6.07, 6.45) is 8.04. The van der Waals surface area contributed by atoms with E-state index in [9.17, 15) is 4.79 Å². The normalized spacial score (nSPS) is 13.8. The van der Waals surface area contributed by atoms with Crippen molar-refractivity contribution in [1.82, 2.24) is 14.8 Å². The van der Waals surface area contributed by atoms with Crippen LogP contribution in [0.4, 0.5) is 11.5 Å². The van der Waals surface area contributed by atoms with Crippen molar-refractivity contribution in [3.05, 3.63) is 66.6 Å². The maximum absolute atomic E-state index is 12.3. The predicted molar refractivity (Wildman–Crippen MR) is 102 cm³/mol. The molecule has 1 aliphatic rings. The van der Waals surface area contributed by atoms with Crippen molar-refractivity contribution in [2.24, 2.45) is 0 Å². The topological polar surface area (TPSA) is 63.1 Å². The van der Waals surface area contributed by atoms with Gasteiger partial charge in [0.25, 0.3) is 0 Å². The van der Waals surface area contributed by atoms with E-state index in [-0.39, 0.29) is 12.3 Å². The van der Waals surface area contributed by atoms with Gasteiger partial charge in [0.15, 0.2) is 0 Å². The lowest BCUT2D eigenvalue weighted by atomic mass is 10.2. The van der Waals surface area contributed by atoms with Gasteiger partial charge in [0, 0.05) is 19.3 Å². The number of nitrogens with one attached hydrogen (secondary N) is 1. The van der Waals surface area contributed by atoms with Crippen LogP contribution in [0.2, 0.25) is 0 Å². The van der Waals surface area contributed by atoms with Crippen molar-refractivity contribution in [1.29, 1.82) is 0 Å². The molecule has 6 nitrogen and oxygen atoms in total. The summed E-state index contributed by atoms with van der Waals surface area (Å²) in [5, 5.41) is 7.22. The Balaban J connectivity index is 1.36. The Hall–Kier alpha value is -3.15. The van der Waals surface area contributed by atoms with Gasteiger partial charge in [0.2, 0.25) is 5.91 Å². The van der Waals surface area contributed by atoms with Crippen molar-refractivity contribution in [2.45, 2.75) is 19.3 Å². The van der Waals surface area contributed by atoms with Crippen LogP contribution in [0.1, 0.15) is 18.4 Å². The summed E-state index contributed by atoms with van der Waals surface area (Å²) in [7, 11) is 0. The quantitative estimate of drug-likeness (QED) is 0.770. The fraction of sp³-hybridized carbons (Fsp3) is 0.250. The van der Waals surface area contributed by atoms with Crippen molar-refractivity contribution in [3.8, 4) is 5.69 Å². The number of rotatable bonds is 5. The maximum Gasteiger partial charge on any atom is 0.228 e. The van der Waals surface area contributed by atoms with Crippen LogP contribution < -0.4 is 10.2 Å². The first-order valence-corrected chi connectivity index (χ1v) is 8.88. The molecule has 26 heavy (non-hydrogen) atoms. The van der Waals surface area contributed by atoms with Gasteiger partial charge in [-0.3, -0.25) is 4.79 Å². The zero-order chi connectivity index (χ0) is 17.8. The van der Waals surface area contributed by atoms with Gasteiger partial charge in [-0.2, -0.15) is 5.10 Å². The van der Waals surface area contributed by atoms with Crippen molar-refractivity contribution >= 4 is 17.4 Å². The minimum absolute atomic E-state index is 0.0756. The largest absolute Gasteiger partial charge is 0.357 e. The summed E-state index contributed by atoms with van der Waals surface area (Å²) < 4.78 is 1.77. The van der Waals surface area contributed by atoms with Gasteiger partial charge in [-0.25, -0.2) is 9.67 Å². The summed E-state index contributed by atoms with van der Waals surface area (Å²) in [6, 6.07) is 13.7. The van der Waals surface area contributed by atoms with Crippen LogP contribution in [0, 0.1) is 0 Å². The first-order chi connectivity index (χ1) is 12.8. The number of anilines is 2. The molecule has 1 aromatic carbocycles.